The lowest BCUT2D eigenvalue weighted by molar-refractivity contribution is -0.147. The SMILES string of the molecule is C[C@H](N)C(=O)N[C@@H](CCC(N)=O)C(=O)N[C@@H](CC(=O)O)C(=O)O. The summed E-state index contributed by atoms with van der Waals surface area (Å²) in [6.45, 7) is 1.36. The lowest BCUT2D eigenvalue weighted by Crippen LogP contribution is -2.54. The number of nitrogens with two attached hydrogens (primary N) is 2. The van der Waals surface area contributed by atoms with Crippen LogP contribution in [-0.2, 0) is 24.0 Å². The van der Waals surface area contributed by atoms with Gasteiger partial charge < -0.3 is 32.3 Å². The molecule has 0 saturated carbocycles. The van der Waals surface area contributed by atoms with Crippen LogP contribution in [0.25, 0.3) is 0 Å². The summed E-state index contributed by atoms with van der Waals surface area (Å²) in [4.78, 5) is 55.9. The number of carbonyl (C=O) groups excluding carboxylic acids is 3. The highest BCUT2D eigenvalue weighted by atomic mass is 16.4. The van der Waals surface area contributed by atoms with Crippen LogP contribution >= 0.6 is 0 Å². The zero-order valence-electron chi connectivity index (χ0n) is 12.4. The van der Waals surface area contributed by atoms with Gasteiger partial charge in [-0.15, -0.1) is 0 Å². The fraction of sp³-hybridized carbons (Fsp3) is 0.583. The van der Waals surface area contributed by atoms with Crippen molar-refractivity contribution in [1.29, 1.82) is 0 Å². The summed E-state index contributed by atoms with van der Waals surface area (Å²) in [6, 6.07) is -3.88. The second-order valence-electron chi connectivity index (χ2n) is 4.85. The molecule has 0 aliphatic heterocycles. The Kier molecular flexibility index (Phi) is 8.26. The Hall–Kier alpha value is -2.69. The zero-order valence-corrected chi connectivity index (χ0v) is 12.4. The number of carboxylic acid groups (broad SMARTS) is 2. The maximum absolute atomic E-state index is 12.0. The Morgan fingerprint density at radius 1 is 1.00 bits per heavy atom. The van der Waals surface area contributed by atoms with Gasteiger partial charge in [0.15, 0.2) is 0 Å². The van der Waals surface area contributed by atoms with Gasteiger partial charge in [0.1, 0.15) is 12.1 Å². The van der Waals surface area contributed by atoms with E-state index in [1.54, 1.807) is 0 Å². The fourth-order valence-electron chi connectivity index (χ4n) is 1.51. The third-order valence-electron chi connectivity index (χ3n) is 2.72. The highest BCUT2D eigenvalue weighted by molar-refractivity contribution is 5.93. The van der Waals surface area contributed by atoms with Crippen LogP contribution in [-0.4, -0.2) is 58.0 Å². The van der Waals surface area contributed by atoms with E-state index in [2.05, 4.69) is 5.32 Å². The van der Waals surface area contributed by atoms with Gasteiger partial charge in [0, 0.05) is 6.42 Å². The molecule has 0 aliphatic rings. The summed E-state index contributed by atoms with van der Waals surface area (Å²) in [5.41, 5.74) is 10.3. The van der Waals surface area contributed by atoms with Gasteiger partial charge in [-0.25, -0.2) is 4.79 Å². The molecule has 8 N–H and O–H groups in total. The molecule has 11 heteroatoms. The summed E-state index contributed by atoms with van der Waals surface area (Å²) < 4.78 is 0. The number of carboxylic acids is 2. The fourth-order valence-corrected chi connectivity index (χ4v) is 1.51. The Balaban J connectivity index is 5.00. The number of amides is 3. The van der Waals surface area contributed by atoms with Crippen molar-refractivity contribution in [2.75, 3.05) is 0 Å². The molecule has 3 atom stereocenters. The molecule has 0 spiro atoms. The molecular weight excluding hydrogens is 312 g/mol. The lowest BCUT2D eigenvalue weighted by Gasteiger charge is -2.21. The molecular formula is C12H20N4O7. The Labute approximate surface area is 131 Å². The minimum atomic E-state index is -1.68. The van der Waals surface area contributed by atoms with Gasteiger partial charge in [-0.3, -0.25) is 19.2 Å². The molecule has 0 fully saturated rings. The molecule has 3 amide bonds. The molecule has 0 bridgehead atoms. The van der Waals surface area contributed by atoms with Gasteiger partial charge in [0.2, 0.25) is 17.7 Å². The van der Waals surface area contributed by atoms with E-state index in [1.807, 2.05) is 5.32 Å². The molecule has 23 heavy (non-hydrogen) atoms. The van der Waals surface area contributed by atoms with Gasteiger partial charge in [-0.05, 0) is 13.3 Å². The first kappa shape index (κ1) is 20.3. The average Bonchev–Trinajstić information content (AvgIpc) is 2.41. The third kappa shape index (κ3) is 8.36. The molecule has 0 aromatic heterocycles. The molecule has 0 heterocycles. The van der Waals surface area contributed by atoms with Crippen LogP contribution in [0.2, 0.25) is 0 Å². The maximum Gasteiger partial charge on any atom is 0.326 e. The minimum absolute atomic E-state index is 0.182. The van der Waals surface area contributed by atoms with Crippen molar-refractivity contribution in [3.8, 4) is 0 Å². The van der Waals surface area contributed by atoms with Crippen LogP contribution in [0.15, 0.2) is 0 Å². The molecule has 0 unspecified atom stereocenters. The standard InChI is InChI=1S/C12H20N4O7/c1-5(13)10(20)15-6(2-3-8(14)17)11(21)16-7(12(22)23)4-9(18)19/h5-7H,2-4,13H2,1H3,(H2,14,17)(H,15,20)(H,16,21)(H,18,19)(H,22,23)/t5-,6-,7-/m0/s1. The van der Waals surface area contributed by atoms with Gasteiger partial charge in [-0.2, -0.15) is 0 Å². The van der Waals surface area contributed by atoms with Crippen LogP contribution in [0.3, 0.4) is 0 Å². The first-order chi connectivity index (χ1) is 10.5. The van der Waals surface area contributed by atoms with E-state index in [9.17, 15) is 24.0 Å². The smallest absolute Gasteiger partial charge is 0.326 e. The predicted octanol–water partition coefficient (Wildman–Crippen LogP) is -2.87. The Morgan fingerprint density at radius 2 is 1.52 bits per heavy atom. The maximum atomic E-state index is 12.0. The van der Waals surface area contributed by atoms with Gasteiger partial charge in [-0.1, -0.05) is 0 Å². The quantitative estimate of drug-likeness (QED) is 0.245. The van der Waals surface area contributed by atoms with E-state index < -0.39 is 54.2 Å². The van der Waals surface area contributed by atoms with Crippen molar-refractivity contribution in [2.45, 2.75) is 44.3 Å². The molecule has 0 aliphatic carbocycles. The molecule has 0 aromatic carbocycles. The number of hydrogen-bond donors (Lipinski definition) is 6. The van der Waals surface area contributed by atoms with Crippen LogP contribution in [0.1, 0.15) is 26.2 Å². The summed E-state index contributed by atoms with van der Waals surface area (Å²) in [7, 11) is 0. The normalized spacial score (nSPS) is 14.2. The number of primary amides is 1. The number of aliphatic carboxylic acids is 2. The monoisotopic (exact) mass is 332 g/mol. The van der Waals surface area contributed by atoms with Gasteiger partial charge >= 0.3 is 11.9 Å². The summed E-state index contributed by atoms with van der Waals surface area (Å²) in [5.74, 6) is -5.34. The summed E-state index contributed by atoms with van der Waals surface area (Å²) in [6.07, 6.45) is -1.27. The Morgan fingerprint density at radius 3 is 1.91 bits per heavy atom. The Bertz CT molecular complexity index is 492. The second-order valence-corrected chi connectivity index (χ2v) is 4.85. The van der Waals surface area contributed by atoms with Crippen molar-refractivity contribution in [2.24, 2.45) is 11.5 Å². The average molecular weight is 332 g/mol. The highest BCUT2D eigenvalue weighted by Gasteiger charge is 2.28. The first-order valence-corrected chi connectivity index (χ1v) is 6.63. The van der Waals surface area contributed by atoms with E-state index in [0.717, 1.165) is 0 Å². The summed E-state index contributed by atoms with van der Waals surface area (Å²) in [5, 5.41) is 21.7. The van der Waals surface area contributed by atoms with Crippen molar-refractivity contribution in [3.05, 3.63) is 0 Å². The molecule has 0 saturated heterocycles. The molecule has 0 aromatic rings. The second kappa shape index (κ2) is 9.35. The van der Waals surface area contributed by atoms with Crippen LogP contribution in [0.4, 0.5) is 0 Å². The van der Waals surface area contributed by atoms with Gasteiger partial charge in [0.05, 0.1) is 12.5 Å². The molecule has 0 radical (unpaired) electrons. The minimum Gasteiger partial charge on any atom is -0.481 e. The van der Waals surface area contributed by atoms with Crippen molar-refractivity contribution >= 4 is 29.7 Å². The molecule has 11 nitrogen and oxygen atoms in total. The van der Waals surface area contributed by atoms with Gasteiger partial charge in [0.25, 0.3) is 0 Å². The predicted molar refractivity (Wildman–Crippen MR) is 75.8 cm³/mol. The van der Waals surface area contributed by atoms with Crippen molar-refractivity contribution in [1.82, 2.24) is 10.6 Å². The van der Waals surface area contributed by atoms with E-state index >= 15 is 0 Å². The zero-order chi connectivity index (χ0) is 18.2. The number of nitrogens with one attached hydrogen (secondary N) is 2. The van der Waals surface area contributed by atoms with Crippen molar-refractivity contribution < 1.29 is 34.2 Å². The van der Waals surface area contributed by atoms with E-state index in [-0.39, 0.29) is 12.8 Å². The van der Waals surface area contributed by atoms with Crippen LogP contribution < -0.4 is 22.1 Å². The largest absolute Gasteiger partial charge is 0.481 e. The summed E-state index contributed by atoms with van der Waals surface area (Å²) >= 11 is 0. The van der Waals surface area contributed by atoms with E-state index in [4.69, 9.17) is 21.7 Å². The topological polar surface area (TPSA) is 202 Å². The number of carbonyl (C=O) groups is 5. The molecule has 0 rings (SSSR count). The first-order valence-electron chi connectivity index (χ1n) is 6.63. The number of hydrogen-bond acceptors (Lipinski definition) is 6. The van der Waals surface area contributed by atoms with Crippen LogP contribution in [0.5, 0.6) is 0 Å². The third-order valence-corrected chi connectivity index (χ3v) is 2.72. The molecule has 130 valence electrons. The number of rotatable bonds is 10. The van der Waals surface area contributed by atoms with E-state index in [0.29, 0.717) is 0 Å². The highest BCUT2D eigenvalue weighted by Crippen LogP contribution is 2.01. The van der Waals surface area contributed by atoms with Crippen LogP contribution in [0, 0.1) is 0 Å². The lowest BCUT2D eigenvalue weighted by atomic mass is 10.1. The van der Waals surface area contributed by atoms with E-state index in [1.165, 1.54) is 6.92 Å². The van der Waals surface area contributed by atoms with Crippen molar-refractivity contribution in [3.63, 3.8) is 0 Å².